The second kappa shape index (κ2) is 5.03. The highest BCUT2D eigenvalue weighted by Crippen LogP contribution is 2.37. The monoisotopic (exact) mass is 286 g/mol. The molecular formula is C14H10F4O2. The van der Waals surface area contributed by atoms with E-state index in [1.54, 1.807) is 6.92 Å². The first kappa shape index (κ1) is 14.2. The molecule has 20 heavy (non-hydrogen) atoms. The summed E-state index contributed by atoms with van der Waals surface area (Å²) >= 11 is 0. The van der Waals surface area contributed by atoms with Crippen LogP contribution in [0.15, 0.2) is 36.4 Å². The number of hydrogen-bond donors (Lipinski definition) is 1. The molecule has 0 radical (unpaired) electrons. The van der Waals surface area contributed by atoms with Crippen molar-refractivity contribution in [3.05, 3.63) is 47.8 Å². The predicted molar refractivity (Wildman–Crippen MR) is 64.9 cm³/mol. The van der Waals surface area contributed by atoms with E-state index in [1.165, 1.54) is 24.3 Å². The summed E-state index contributed by atoms with van der Waals surface area (Å²) in [6, 6.07) is 7.21. The van der Waals surface area contributed by atoms with E-state index in [2.05, 4.69) is 4.74 Å². The van der Waals surface area contributed by atoms with Crippen LogP contribution in [0.5, 0.6) is 11.5 Å². The van der Waals surface area contributed by atoms with Gasteiger partial charge in [0.1, 0.15) is 17.3 Å². The maximum Gasteiger partial charge on any atom is 0.573 e. The predicted octanol–water partition coefficient (Wildman–Crippen LogP) is 4.41. The fraction of sp³-hybridized carbons (Fsp3) is 0.143. The molecule has 0 unspecified atom stereocenters. The van der Waals surface area contributed by atoms with E-state index >= 15 is 0 Å². The zero-order valence-corrected chi connectivity index (χ0v) is 10.3. The normalized spacial score (nSPS) is 11.4. The van der Waals surface area contributed by atoms with Gasteiger partial charge in [-0.1, -0.05) is 11.6 Å². The van der Waals surface area contributed by atoms with E-state index in [-0.39, 0.29) is 11.1 Å². The molecule has 2 aromatic carbocycles. The Labute approximate surface area is 112 Å². The largest absolute Gasteiger partial charge is 0.573 e. The molecule has 6 heteroatoms. The molecule has 0 aromatic heterocycles. The van der Waals surface area contributed by atoms with Crippen molar-refractivity contribution in [2.24, 2.45) is 0 Å². The van der Waals surface area contributed by atoms with Crippen molar-refractivity contribution in [2.45, 2.75) is 13.3 Å². The van der Waals surface area contributed by atoms with Crippen LogP contribution in [0.1, 0.15) is 5.56 Å². The summed E-state index contributed by atoms with van der Waals surface area (Å²) in [4.78, 5) is 0. The van der Waals surface area contributed by atoms with Gasteiger partial charge in [-0.15, -0.1) is 13.2 Å². The molecule has 0 heterocycles. The zero-order valence-electron chi connectivity index (χ0n) is 10.3. The third-order valence-electron chi connectivity index (χ3n) is 2.60. The van der Waals surface area contributed by atoms with Crippen LogP contribution in [-0.2, 0) is 0 Å². The Morgan fingerprint density at radius 1 is 1.00 bits per heavy atom. The van der Waals surface area contributed by atoms with Crippen LogP contribution in [0.4, 0.5) is 17.6 Å². The Hall–Kier alpha value is -2.24. The number of ether oxygens (including phenoxy) is 1. The minimum absolute atomic E-state index is 0.0238. The molecule has 2 nitrogen and oxygen atoms in total. The fourth-order valence-corrected chi connectivity index (χ4v) is 1.79. The van der Waals surface area contributed by atoms with Crippen molar-refractivity contribution in [3.8, 4) is 22.6 Å². The second-order valence-corrected chi connectivity index (χ2v) is 4.21. The van der Waals surface area contributed by atoms with Gasteiger partial charge in [-0.3, -0.25) is 0 Å². The van der Waals surface area contributed by atoms with Crippen LogP contribution in [0.25, 0.3) is 11.1 Å². The SMILES string of the molecule is Cc1ccc(F)c(-c2ccc(O)cc2OC(F)(F)F)c1. The van der Waals surface area contributed by atoms with Gasteiger partial charge >= 0.3 is 6.36 Å². The summed E-state index contributed by atoms with van der Waals surface area (Å²) in [5.74, 6) is -1.73. The van der Waals surface area contributed by atoms with Gasteiger partial charge in [0.25, 0.3) is 0 Å². The van der Waals surface area contributed by atoms with Crippen molar-refractivity contribution >= 4 is 0 Å². The standard InChI is InChI=1S/C14H10F4O2/c1-8-2-5-12(15)11(6-8)10-4-3-9(19)7-13(10)20-14(16,17)18/h2-7,19H,1H3. The van der Waals surface area contributed by atoms with Crippen molar-refractivity contribution in [1.82, 2.24) is 0 Å². The molecular weight excluding hydrogens is 276 g/mol. The number of phenolic OH excluding ortho intramolecular Hbond substituents is 1. The first-order valence-corrected chi connectivity index (χ1v) is 5.61. The van der Waals surface area contributed by atoms with Crippen molar-refractivity contribution < 1.29 is 27.4 Å². The highest BCUT2D eigenvalue weighted by molar-refractivity contribution is 5.72. The molecule has 0 aliphatic rings. The van der Waals surface area contributed by atoms with Gasteiger partial charge in [0.15, 0.2) is 0 Å². The van der Waals surface area contributed by atoms with E-state index in [1.807, 2.05) is 0 Å². The molecule has 0 amide bonds. The number of aryl methyl sites for hydroxylation is 1. The molecule has 0 fully saturated rings. The van der Waals surface area contributed by atoms with Crippen LogP contribution >= 0.6 is 0 Å². The molecule has 106 valence electrons. The van der Waals surface area contributed by atoms with Crippen LogP contribution in [0.3, 0.4) is 0 Å². The third-order valence-corrected chi connectivity index (χ3v) is 2.60. The summed E-state index contributed by atoms with van der Waals surface area (Å²) in [5.41, 5.74) is 0.581. The van der Waals surface area contributed by atoms with Gasteiger partial charge in [-0.2, -0.15) is 0 Å². The number of rotatable bonds is 2. The van der Waals surface area contributed by atoms with Crippen LogP contribution < -0.4 is 4.74 Å². The lowest BCUT2D eigenvalue weighted by Crippen LogP contribution is -2.17. The Morgan fingerprint density at radius 2 is 1.70 bits per heavy atom. The first-order valence-electron chi connectivity index (χ1n) is 5.61. The zero-order chi connectivity index (χ0) is 14.9. The van der Waals surface area contributed by atoms with Gasteiger partial charge < -0.3 is 9.84 Å². The number of phenols is 1. The molecule has 0 bridgehead atoms. The minimum Gasteiger partial charge on any atom is -0.508 e. The van der Waals surface area contributed by atoms with Crippen LogP contribution in [0.2, 0.25) is 0 Å². The fourth-order valence-electron chi connectivity index (χ4n) is 1.79. The Morgan fingerprint density at radius 3 is 2.35 bits per heavy atom. The van der Waals surface area contributed by atoms with Crippen LogP contribution in [-0.4, -0.2) is 11.5 Å². The molecule has 0 saturated carbocycles. The second-order valence-electron chi connectivity index (χ2n) is 4.21. The van der Waals surface area contributed by atoms with Crippen molar-refractivity contribution in [1.29, 1.82) is 0 Å². The van der Waals surface area contributed by atoms with E-state index in [0.29, 0.717) is 5.56 Å². The van der Waals surface area contributed by atoms with Gasteiger partial charge in [-0.25, -0.2) is 4.39 Å². The summed E-state index contributed by atoms with van der Waals surface area (Å²) in [7, 11) is 0. The average Bonchev–Trinajstić information content (AvgIpc) is 2.31. The maximum absolute atomic E-state index is 13.8. The molecule has 2 aromatic rings. The minimum atomic E-state index is -4.93. The Kier molecular flexibility index (Phi) is 3.57. The van der Waals surface area contributed by atoms with Gasteiger partial charge in [0.05, 0.1) is 0 Å². The lowest BCUT2D eigenvalue weighted by molar-refractivity contribution is -0.274. The number of hydrogen-bond acceptors (Lipinski definition) is 2. The highest BCUT2D eigenvalue weighted by Gasteiger charge is 2.32. The summed E-state index contributed by atoms with van der Waals surface area (Å²) in [6.07, 6.45) is -4.93. The molecule has 1 N–H and O–H groups in total. The van der Waals surface area contributed by atoms with Crippen molar-refractivity contribution in [2.75, 3.05) is 0 Å². The lowest BCUT2D eigenvalue weighted by atomic mass is 10.0. The molecule has 0 atom stereocenters. The molecule has 0 aliphatic carbocycles. The Balaban J connectivity index is 2.58. The summed E-state index contributed by atoms with van der Waals surface area (Å²) < 4.78 is 54.7. The number of alkyl halides is 3. The molecule has 0 saturated heterocycles. The molecule has 2 rings (SSSR count). The first-order chi connectivity index (χ1) is 9.26. The van der Waals surface area contributed by atoms with E-state index in [9.17, 15) is 22.7 Å². The topological polar surface area (TPSA) is 29.5 Å². The van der Waals surface area contributed by atoms with Crippen LogP contribution in [0, 0.1) is 12.7 Å². The smallest absolute Gasteiger partial charge is 0.508 e. The molecule has 0 spiro atoms. The lowest BCUT2D eigenvalue weighted by Gasteiger charge is -2.14. The summed E-state index contributed by atoms with van der Waals surface area (Å²) in [5, 5.41) is 9.26. The van der Waals surface area contributed by atoms with Gasteiger partial charge in [-0.05, 0) is 31.2 Å². The van der Waals surface area contributed by atoms with Gasteiger partial charge in [0.2, 0.25) is 0 Å². The van der Waals surface area contributed by atoms with E-state index < -0.39 is 23.7 Å². The summed E-state index contributed by atoms with van der Waals surface area (Å²) in [6.45, 7) is 1.69. The maximum atomic E-state index is 13.8. The number of benzene rings is 2. The van der Waals surface area contributed by atoms with E-state index in [4.69, 9.17) is 0 Å². The average molecular weight is 286 g/mol. The molecule has 0 aliphatic heterocycles. The van der Waals surface area contributed by atoms with Crippen molar-refractivity contribution in [3.63, 3.8) is 0 Å². The third kappa shape index (κ3) is 3.20. The number of aromatic hydroxyl groups is 1. The quantitative estimate of drug-likeness (QED) is 0.829. The highest BCUT2D eigenvalue weighted by atomic mass is 19.4. The Bertz CT molecular complexity index is 636. The van der Waals surface area contributed by atoms with E-state index in [0.717, 1.165) is 12.1 Å². The van der Waals surface area contributed by atoms with Gasteiger partial charge in [0, 0.05) is 17.2 Å². The number of halogens is 4.